The van der Waals surface area contributed by atoms with E-state index in [9.17, 15) is 4.79 Å². The summed E-state index contributed by atoms with van der Waals surface area (Å²) in [7, 11) is 0. The Morgan fingerprint density at radius 2 is 1.81 bits per heavy atom. The van der Waals surface area contributed by atoms with Crippen LogP contribution >= 0.6 is 0 Å². The fourth-order valence-electron chi connectivity index (χ4n) is 3.37. The minimum absolute atomic E-state index is 0.141. The van der Waals surface area contributed by atoms with Gasteiger partial charge in [-0.05, 0) is 77.8 Å². The molecule has 0 saturated carbocycles. The van der Waals surface area contributed by atoms with Gasteiger partial charge in [0.2, 0.25) is 0 Å². The summed E-state index contributed by atoms with van der Waals surface area (Å²) in [5.74, 6) is 1.67. The SMILES string of the molecule is CC(C)(C)OC(=O)N1CCC(CC[C@H]2CCCNC2)CC1. The number of hydrogen-bond acceptors (Lipinski definition) is 3. The van der Waals surface area contributed by atoms with Crippen molar-refractivity contribution in [3.63, 3.8) is 0 Å². The summed E-state index contributed by atoms with van der Waals surface area (Å²) < 4.78 is 5.45. The molecule has 1 N–H and O–H groups in total. The minimum Gasteiger partial charge on any atom is -0.444 e. The van der Waals surface area contributed by atoms with Crippen LogP contribution in [0.4, 0.5) is 4.79 Å². The topological polar surface area (TPSA) is 41.6 Å². The molecule has 1 atom stereocenters. The fraction of sp³-hybridized carbons (Fsp3) is 0.941. The van der Waals surface area contributed by atoms with E-state index in [-0.39, 0.29) is 11.7 Å². The third-order valence-corrected chi connectivity index (χ3v) is 4.65. The molecule has 0 unspecified atom stereocenters. The van der Waals surface area contributed by atoms with Gasteiger partial charge >= 0.3 is 6.09 Å². The quantitative estimate of drug-likeness (QED) is 0.867. The number of nitrogens with zero attached hydrogens (tertiary/aromatic N) is 1. The average molecular weight is 296 g/mol. The van der Waals surface area contributed by atoms with E-state index in [2.05, 4.69) is 5.32 Å². The summed E-state index contributed by atoms with van der Waals surface area (Å²) in [5.41, 5.74) is -0.387. The van der Waals surface area contributed by atoms with Crippen molar-refractivity contribution in [3.05, 3.63) is 0 Å². The Balaban J connectivity index is 1.64. The van der Waals surface area contributed by atoms with Crippen LogP contribution in [0.2, 0.25) is 0 Å². The lowest BCUT2D eigenvalue weighted by molar-refractivity contribution is 0.0179. The molecule has 2 aliphatic heterocycles. The maximum atomic E-state index is 12.0. The fourth-order valence-corrected chi connectivity index (χ4v) is 3.37. The summed E-state index contributed by atoms with van der Waals surface area (Å²) in [6, 6.07) is 0. The summed E-state index contributed by atoms with van der Waals surface area (Å²) in [4.78, 5) is 13.9. The number of rotatable bonds is 3. The van der Waals surface area contributed by atoms with E-state index in [4.69, 9.17) is 4.74 Å². The zero-order chi connectivity index (χ0) is 15.3. The van der Waals surface area contributed by atoms with Crippen LogP contribution in [0.5, 0.6) is 0 Å². The first-order chi connectivity index (χ1) is 9.94. The molecule has 0 spiro atoms. The van der Waals surface area contributed by atoms with Crippen LogP contribution in [-0.4, -0.2) is 42.8 Å². The average Bonchev–Trinajstić information content (AvgIpc) is 2.45. The third-order valence-electron chi connectivity index (χ3n) is 4.65. The Kier molecular flexibility index (Phi) is 5.91. The van der Waals surface area contributed by atoms with Crippen molar-refractivity contribution in [3.8, 4) is 0 Å². The molecular formula is C17H32N2O2. The van der Waals surface area contributed by atoms with Gasteiger partial charge in [0.1, 0.15) is 5.60 Å². The van der Waals surface area contributed by atoms with E-state index < -0.39 is 0 Å². The number of nitrogens with one attached hydrogen (secondary N) is 1. The lowest BCUT2D eigenvalue weighted by Crippen LogP contribution is -2.41. The van der Waals surface area contributed by atoms with Gasteiger partial charge in [0.15, 0.2) is 0 Å². The summed E-state index contributed by atoms with van der Waals surface area (Å²) in [6.45, 7) is 9.91. The van der Waals surface area contributed by atoms with E-state index in [0.29, 0.717) is 0 Å². The molecule has 0 aromatic heterocycles. The molecule has 2 heterocycles. The Morgan fingerprint density at radius 3 is 2.38 bits per heavy atom. The number of carbonyl (C=O) groups is 1. The van der Waals surface area contributed by atoms with E-state index in [1.807, 2.05) is 25.7 Å². The van der Waals surface area contributed by atoms with Crippen molar-refractivity contribution >= 4 is 6.09 Å². The van der Waals surface area contributed by atoms with Crippen LogP contribution < -0.4 is 5.32 Å². The van der Waals surface area contributed by atoms with E-state index >= 15 is 0 Å². The highest BCUT2D eigenvalue weighted by Crippen LogP contribution is 2.26. The number of hydrogen-bond donors (Lipinski definition) is 1. The van der Waals surface area contributed by atoms with E-state index in [1.165, 1.54) is 38.8 Å². The van der Waals surface area contributed by atoms with Gasteiger partial charge < -0.3 is 15.0 Å². The van der Waals surface area contributed by atoms with Crippen molar-refractivity contribution in [2.45, 2.75) is 64.9 Å². The molecule has 4 nitrogen and oxygen atoms in total. The molecule has 2 rings (SSSR count). The standard InChI is InChI=1S/C17H32N2O2/c1-17(2,3)21-16(20)19-11-8-14(9-12-19)6-7-15-5-4-10-18-13-15/h14-15,18H,4-13H2,1-3H3/t15-/m1/s1. The molecule has 0 aliphatic carbocycles. The van der Waals surface area contributed by atoms with Gasteiger partial charge in [0, 0.05) is 13.1 Å². The van der Waals surface area contributed by atoms with E-state index in [0.717, 1.165) is 37.8 Å². The Hall–Kier alpha value is -0.770. The van der Waals surface area contributed by atoms with Gasteiger partial charge in [0.05, 0.1) is 0 Å². The number of amides is 1. The highest BCUT2D eigenvalue weighted by Gasteiger charge is 2.27. The molecule has 21 heavy (non-hydrogen) atoms. The van der Waals surface area contributed by atoms with Crippen LogP contribution in [0.1, 0.15) is 59.3 Å². The predicted octanol–water partition coefficient (Wildman–Crippen LogP) is 3.41. The van der Waals surface area contributed by atoms with Crippen molar-refractivity contribution in [1.29, 1.82) is 0 Å². The zero-order valence-corrected chi connectivity index (χ0v) is 14.0. The smallest absolute Gasteiger partial charge is 0.410 e. The maximum Gasteiger partial charge on any atom is 0.410 e. The number of ether oxygens (including phenoxy) is 1. The number of likely N-dealkylation sites (tertiary alicyclic amines) is 1. The summed E-state index contributed by atoms with van der Waals surface area (Å²) in [6.07, 6.45) is 7.54. The van der Waals surface area contributed by atoms with Gasteiger partial charge in [-0.15, -0.1) is 0 Å². The van der Waals surface area contributed by atoms with Crippen molar-refractivity contribution in [1.82, 2.24) is 10.2 Å². The normalized spacial score (nSPS) is 24.9. The third kappa shape index (κ3) is 5.85. The first-order valence-corrected chi connectivity index (χ1v) is 8.63. The first kappa shape index (κ1) is 16.6. The van der Waals surface area contributed by atoms with E-state index in [1.54, 1.807) is 0 Å². The molecule has 0 bridgehead atoms. The van der Waals surface area contributed by atoms with Crippen LogP contribution in [0.3, 0.4) is 0 Å². The highest BCUT2D eigenvalue weighted by atomic mass is 16.6. The number of carbonyl (C=O) groups excluding carboxylic acids is 1. The molecule has 122 valence electrons. The molecule has 2 aliphatic rings. The summed E-state index contributed by atoms with van der Waals surface area (Å²) >= 11 is 0. The molecule has 1 amide bonds. The van der Waals surface area contributed by atoms with Crippen molar-refractivity contribution in [2.24, 2.45) is 11.8 Å². The zero-order valence-electron chi connectivity index (χ0n) is 14.0. The molecular weight excluding hydrogens is 264 g/mol. The molecule has 2 saturated heterocycles. The van der Waals surface area contributed by atoms with Gasteiger partial charge in [-0.2, -0.15) is 0 Å². The van der Waals surface area contributed by atoms with Crippen molar-refractivity contribution in [2.75, 3.05) is 26.2 Å². The van der Waals surface area contributed by atoms with Gasteiger partial charge in [-0.3, -0.25) is 0 Å². The predicted molar refractivity (Wildman–Crippen MR) is 85.4 cm³/mol. The Bertz CT molecular complexity index is 324. The second-order valence-electron chi connectivity index (χ2n) is 7.70. The van der Waals surface area contributed by atoms with Gasteiger partial charge in [0.25, 0.3) is 0 Å². The largest absolute Gasteiger partial charge is 0.444 e. The first-order valence-electron chi connectivity index (χ1n) is 8.63. The van der Waals surface area contributed by atoms with Crippen molar-refractivity contribution < 1.29 is 9.53 Å². The van der Waals surface area contributed by atoms with Crippen LogP contribution in [0, 0.1) is 11.8 Å². The van der Waals surface area contributed by atoms with Crippen LogP contribution in [-0.2, 0) is 4.74 Å². The minimum atomic E-state index is -0.387. The molecule has 4 heteroatoms. The molecule has 2 fully saturated rings. The van der Waals surface area contributed by atoms with Crippen LogP contribution in [0.25, 0.3) is 0 Å². The number of piperidine rings is 2. The Morgan fingerprint density at radius 1 is 1.14 bits per heavy atom. The molecule has 0 aromatic carbocycles. The highest BCUT2D eigenvalue weighted by molar-refractivity contribution is 5.68. The van der Waals surface area contributed by atoms with Gasteiger partial charge in [-0.25, -0.2) is 4.79 Å². The molecule has 0 radical (unpaired) electrons. The molecule has 0 aromatic rings. The Labute approximate surface area is 129 Å². The monoisotopic (exact) mass is 296 g/mol. The van der Waals surface area contributed by atoms with Gasteiger partial charge in [-0.1, -0.05) is 6.42 Å². The lowest BCUT2D eigenvalue weighted by atomic mass is 9.86. The maximum absolute atomic E-state index is 12.0. The summed E-state index contributed by atoms with van der Waals surface area (Å²) in [5, 5.41) is 3.50. The van der Waals surface area contributed by atoms with Crippen LogP contribution in [0.15, 0.2) is 0 Å². The second kappa shape index (κ2) is 7.48. The lowest BCUT2D eigenvalue weighted by Gasteiger charge is -2.34. The second-order valence-corrected chi connectivity index (χ2v) is 7.70.